The van der Waals surface area contributed by atoms with Crippen LogP contribution in [0.3, 0.4) is 0 Å². The Balaban J connectivity index is 2.28. The first-order chi connectivity index (χ1) is 9.80. The van der Waals surface area contributed by atoms with Gasteiger partial charge < -0.3 is 10.4 Å². The summed E-state index contributed by atoms with van der Waals surface area (Å²) in [6.07, 6.45) is -1.96. The quantitative estimate of drug-likeness (QED) is 0.913. The molecule has 2 N–H and O–H groups in total. The van der Waals surface area contributed by atoms with Crippen molar-refractivity contribution in [1.82, 2.24) is 15.1 Å². The minimum Gasteiger partial charge on any atom is -0.507 e. The lowest BCUT2D eigenvalue weighted by molar-refractivity contribution is -0.142. The molecule has 0 fully saturated rings. The third kappa shape index (κ3) is 3.53. The van der Waals surface area contributed by atoms with Gasteiger partial charge in [-0.15, -0.1) is 0 Å². The largest absolute Gasteiger partial charge is 0.507 e. The molecule has 8 heteroatoms. The molecule has 112 valence electrons. The number of rotatable bonds is 3. The van der Waals surface area contributed by atoms with E-state index < -0.39 is 12.7 Å². The van der Waals surface area contributed by atoms with Gasteiger partial charge in [0, 0.05) is 29.9 Å². The number of benzene rings is 1. The van der Waals surface area contributed by atoms with Crippen LogP contribution in [0.25, 0.3) is 11.1 Å². The van der Waals surface area contributed by atoms with Crippen LogP contribution in [-0.4, -0.2) is 34.0 Å². The van der Waals surface area contributed by atoms with Crippen molar-refractivity contribution in [2.45, 2.75) is 12.7 Å². The van der Waals surface area contributed by atoms with Crippen LogP contribution in [0.4, 0.5) is 13.2 Å². The molecule has 0 saturated heterocycles. The Bertz CT molecular complexity index is 665. The van der Waals surface area contributed by atoms with E-state index in [9.17, 15) is 23.1 Å². The molecule has 1 aromatic carbocycles. The third-order valence-electron chi connectivity index (χ3n) is 2.77. The highest BCUT2D eigenvalue weighted by atomic mass is 19.4. The SMILES string of the molecule is CNC(=O)c1ccc(-c2cnn(CC(F)(F)F)c2)c(O)c1. The maximum atomic E-state index is 12.3. The van der Waals surface area contributed by atoms with Gasteiger partial charge in [0.2, 0.25) is 0 Å². The molecule has 2 aromatic rings. The molecular formula is C13H12F3N3O2. The second-order valence-electron chi connectivity index (χ2n) is 4.35. The number of alkyl halides is 3. The summed E-state index contributed by atoms with van der Waals surface area (Å²) in [5.74, 6) is -0.577. The van der Waals surface area contributed by atoms with Gasteiger partial charge in [0.05, 0.1) is 6.20 Å². The topological polar surface area (TPSA) is 67.2 Å². The highest BCUT2D eigenvalue weighted by Crippen LogP contribution is 2.30. The van der Waals surface area contributed by atoms with E-state index in [2.05, 4.69) is 10.4 Å². The van der Waals surface area contributed by atoms with E-state index in [1.54, 1.807) is 0 Å². The lowest BCUT2D eigenvalue weighted by atomic mass is 10.1. The maximum Gasteiger partial charge on any atom is 0.408 e. The fraction of sp³-hybridized carbons (Fsp3) is 0.231. The van der Waals surface area contributed by atoms with E-state index in [0.717, 1.165) is 4.68 Å². The lowest BCUT2D eigenvalue weighted by Gasteiger charge is -2.06. The fourth-order valence-electron chi connectivity index (χ4n) is 1.83. The van der Waals surface area contributed by atoms with E-state index in [4.69, 9.17) is 0 Å². The highest BCUT2D eigenvalue weighted by molar-refractivity contribution is 5.95. The summed E-state index contributed by atoms with van der Waals surface area (Å²) in [4.78, 5) is 11.4. The molecular weight excluding hydrogens is 287 g/mol. The number of phenolic OH excluding ortho intramolecular Hbond substituents is 1. The monoisotopic (exact) mass is 299 g/mol. The predicted octanol–water partition coefficient (Wildman–Crippen LogP) is 2.18. The molecule has 0 spiro atoms. The molecule has 1 heterocycles. The van der Waals surface area contributed by atoms with Gasteiger partial charge in [-0.2, -0.15) is 18.3 Å². The van der Waals surface area contributed by atoms with E-state index in [0.29, 0.717) is 11.1 Å². The van der Waals surface area contributed by atoms with Crippen molar-refractivity contribution in [3.05, 3.63) is 36.2 Å². The zero-order valence-corrected chi connectivity index (χ0v) is 11.0. The van der Waals surface area contributed by atoms with E-state index in [-0.39, 0.29) is 17.2 Å². The fourth-order valence-corrected chi connectivity index (χ4v) is 1.83. The van der Waals surface area contributed by atoms with Crippen LogP contribution in [0.15, 0.2) is 30.6 Å². The normalized spacial score (nSPS) is 11.4. The molecule has 0 bridgehead atoms. The highest BCUT2D eigenvalue weighted by Gasteiger charge is 2.28. The minimum atomic E-state index is -4.37. The van der Waals surface area contributed by atoms with Crippen molar-refractivity contribution in [1.29, 1.82) is 0 Å². The number of nitrogens with one attached hydrogen (secondary N) is 1. The summed E-state index contributed by atoms with van der Waals surface area (Å²) in [5.41, 5.74) is 0.887. The van der Waals surface area contributed by atoms with Crippen molar-refractivity contribution in [2.24, 2.45) is 0 Å². The second-order valence-corrected chi connectivity index (χ2v) is 4.35. The number of carbonyl (C=O) groups is 1. The van der Waals surface area contributed by atoms with Crippen LogP contribution in [0.1, 0.15) is 10.4 Å². The number of halogens is 3. The first kappa shape index (κ1) is 14.9. The minimum absolute atomic E-state index is 0.206. The number of nitrogens with zero attached hydrogens (tertiary/aromatic N) is 2. The summed E-state index contributed by atoms with van der Waals surface area (Å²) in [5, 5.41) is 15.9. The summed E-state index contributed by atoms with van der Waals surface area (Å²) >= 11 is 0. The van der Waals surface area contributed by atoms with Gasteiger partial charge >= 0.3 is 6.18 Å². The number of carbonyl (C=O) groups excluding carboxylic acids is 1. The Kier molecular flexibility index (Phi) is 3.88. The van der Waals surface area contributed by atoms with Crippen molar-refractivity contribution >= 4 is 5.91 Å². The molecule has 1 amide bonds. The Morgan fingerprint density at radius 1 is 1.43 bits per heavy atom. The molecule has 0 saturated carbocycles. The third-order valence-corrected chi connectivity index (χ3v) is 2.77. The van der Waals surface area contributed by atoms with Crippen LogP contribution in [0, 0.1) is 0 Å². The molecule has 1 aromatic heterocycles. The van der Waals surface area contributed by atoms with Crippen LogP contribution in [0.2, 0.25) is 0 Å². The zero-order valence-electron chi connectivity index (χ0n) is 11.0. The first-order valence-corrected chi connectivity index (χ1v) is 5.95. The Morgan fingerprint density at radius 3 is 2.71 bits per heavy atom. The smallest absolute Gasteiger partial charge is 0.408 e. The summed E-state index contributed by atoms with van der Waals surface area (Å²) in [7, 11) is 1.45. The van der Waals surface area contributed by atoms with Crippen molar-refractivity contribution in [2.75, 3.05) is 7.05 Å². The summed E-state index contributed by atoms with van der Waals surface area (Å²) in [6.45, 7) is -1.20. The Hall–Kier alpha value is -2.51. The predicted molar refractivity (Wildman–Crippen MR) is 68.8 cm³/mol. The molecule has 0 atom stereocenters. The van der Waals surface area contributed by atoms with Crippen molar-refractivity contribution in [3.8, 4) is 16.9 Å². The molecule has 5 nitrogen and oxygen atoms in total. The van der Waals surface area contributed by atoms with Crippen LogP contribution < -0.4 is 5.32 Å². The van der Waals surface area contributed by atoms with Gasteiger partial charge in [0.15, 0.2) is 0 Å². The van der Waals surface area contributed by atoms with Gasteiger partial charge in [-0.3, -0.25) is 9.48 Å². The summed E-state index contributed by atoms with van der Waals surface area (Å²) in [6, 6.07) is 4.17. The van der Waals surface area contributed by atoms with Gasteiger partial charge in [-0.25, -0.2) is 0 Å². The van der Waals surface area contributed by atoms with Gasteiger partial charge in [0.25, 0.3) is 5.91 Å². The molecule has 0 aliphatic carbocycles. The van der Waals surface area contributed by atoms with Gasteiger partial charge in [-0.1, -0.05) is 0 Å². The van der Waals surface area contributed by atoms with E-state index in [1.807, 2.05) is 0 Å². The molecule has 0 unspecified atom stereocenters. The number of phenols is 1. The maximum absolute atomic E-state index is 12.3. The molecule has 2 rings (SSSR count). The molecule has 0 aliphatic heterocycles. The van der Waals surface area contributed by atoms with E-state index in [1.165, 1.54) is 37.6 Å². The van der Waals surface area contributed by atoms with Crippen molar-refractivity contribution in [3.63, 3.8) is 0 Å². The average molecular weight is 299 g/mol. The van der Waals surface area contributed by atoms with E-state index >= 15 is 0 Å². The number of amides is 1. The van der Waals surface area contributed by atoms with Crippen LogP contribution in [-0.2, 0) is 6.54 Å². The molecule has 21 heavy (non-hydrogen) atoms. The van der Waals surface area contributed by atoms with Crippen LogP contribution >= 0.6 is 0 Å². The second kappa shape index (κ2) is 5.47. The van der Waals surface area contributed by atoms with Crippen molar-refractivity contribution < 1.29 is 23.1 Å². The first-order valence-electron chi connectivity index (χ1n) is 5.95. The molecule has 0 radical (unpaired) electrons. The lowest BCUT2D eigenvalue weighted by Crippen LogP contribution is -2.17. The van der Waals surface area contributed by atoms with Gasteiger partial charge in [0.1, 0.15) is 12.3 Å². The van der Waals surface area contributed by atoms with Gasteiger partial charge in [-0.05, 0) is 18.2 Å². The molecule has 0 aliphatic rings. The standard InChI is InChI=1S/C13H12F3N3O2/c1-17-12(21)8-2-3-10(11(20)4-8)9-5-18-19(6-9)7-13(14,15)16/h2-6,20H,7H2,1H3,(H,17,21). The Morgan fingerprint density at radius 2 is 2.14 bits per heavy atom. The number of hydrogen-bond acceptors (Lipinski definition) is 3. The number of aromatic hydroxyl groups is 1. The zero-order chi connectivity index (χ0) is 15.6. The average Bonchev–Trinajstić information content (AvgIpc) is 2.83. The summed E-state index contributed by atoms with van der Waals surface area (Å²) < 4.78 is 37.5. The number of hydrogen-bond donors (Lipinski definition) is 2. The number of aromatic nitrogens is 2. The Labute approximate surface area is 118 Å². The van der Waals surface area contributed by atoms with Crippen LogP contribution in [0.5, 0.6) is 5.75 Å².